The van der Waals surface area contributed by atoms with Gasteiger partial charge < -0.3 is 19.3 Å². The molecule has 0 unspecified atom stereocenters. The van der Waals surface area contributed by atoms with E-state index in [0.717, 1.165) is 5.69 Å². The smallest absolute Gasteiger partial charge is 0.373 e. The molecule has 0 aliphatic carbocycles. The first-order valence-corrected chi connectivity index (χ1v) is 10.1. The summed E-state index contributed by atoms with van der Waals surface area (Å²) in [6.45, 7) is 2.11. The Bertz CT molecular complexity index is 1150. The van der Waals surface area contributed by atoms with E-state index in [1.165, 1.54) is 49.8 Å². The molecule has 0 bridgehead atoms. The zero-order valence-corrected chi connectivity index (χ0v) is 17.7. The molecule has 1 fully saturated rings. The molecule has 1 aliphatic heterocycles. The zero-order chi connectivity index (χ0) is 23.4. The third kappa shape index (κ3) is 4.81. The van der Waals surface area contributed by atoms with Crippen molar-refractivity contribution in [2.45, 2.75) is 0 Å². The van der Waals surface area contributed by atoms with Gasteiger partial charge in [-0.3, -0.25) is 10.1 Å². The fourth-order valence-corrected chi connectivity index (χ4v) is 3.54. The molecule has 0 amide bonds. The molecule has 0 saturated carbocycles. The second-order valence-corrected chi connectivity index (χ2v) is 7.18. The van der Waals surface area contributed by atoms with Crippen molar-refractivity contribution in [3.63, 3.8) is 0 Å². The highest BCUT2D eigenvalue weighted by molar-refractivity contribution is 5.89. The molecule has 2 aromatic carbocycles. The molecule has 11 heteroatoms. The quantitative estimate of drug-likeness (QED) is 0.315. The number of hydrogen-bond donors (Lipinski definition) is 0. The molecular formula is C22H20FN5O5. The topological polar surface area (TPSA) is 111 Å². The first kappa shape index (κ1) is 21.9. The van der Waals surface area contributed by atoms with Crippen LogP contribution in [0, 0.1) is 15.9 Å². The molecule has 1 aliphatic rings. The van der Waals surface area contributed by atoms with Gasteiger partial charge in [0, 0.05) is 31.9 Å². The lowest BCUT2D eigenvalue weighted by atomic mass is 10.2. The summed E-state index contributed by atoms with van der Waals surface area (Å²) in [6, 6.07) is 12.2. The first-order valence-electron chi connectivity index (χ1n) is 10.1. The van der Waals surface area contributed by atoms with Crippen molar-refractivity contribution < 1.29 is 23.6 Å². The Morgan fingerprint density at radius 1 is 1.00 bits per heavy atom. The van der Waals surface area contributed by atoms with Crippen LogP contribution in [0.5, 0.6) is 11.6 Å². The fourth-order valence-electron chi connectivity index (χ4n) is 3.54. The molecule has 0 N–H and O–H groups in total. The number of hydrogen-bond acceptors (Lipinski definition) is 9. The minimum Gasteiger partial charge on any atom is -0.465 e. The molecular weight excluding hydrogens is 433 g/mol. The molecule has 3 aromatic rings. The maximum atomic E-state index is 13.2. The SMILES string of the molecule is COC(=O)c1ccc(Oc2ncnc(N3CCN(c4ccc(F)cc4)CC3)c2[N+](=O)[O-])cc1. The van der Waals surface area contributed by atoms with Crippen molar-refractivity contribution in [2.75, 3.05) is 43.1 Å². The lowest BCUT2D eigenvalue weighted by Crippen LogP contribution is -2.47. The Morgan fingerprint density at radius 3 is 2.24 bits per heavy atom. The third-order valence-electron chi connectivity index (χ3n) is 5.21. The number of piperazine rings is 1. The van der Waals surface area contributed by atoms with E-state index in [-0.39, 0.29) is 29.0 Å². The van der Waals surface area contributed by atoms with Gasteiger partial charge in [0.25, 0.3) is 0 Å². The third-order valence-corrected chi connectivity index (χ3v) is 5.21. The normalized spacial score (nSPS) is 13.5. The van der Waals surface area contributed by atoms with Crippen molar-refractivity contribution >= 4 is 23.2 Å². The summed E-state index contributed by atoms with van der Waals surface area (Å²) in [5.41, 5.74) is 0.860. The Kier molecular flexibility index (Phi) is 6.29. The maximum Gasteiger partial charge on any atom is 0.373 e. The van der Waals surface area contributed by atoms with Gasteiger partial charge in [-0.25, -0.2) is 14.2 Å². The van der Waals surface area contributed by atoms with Crippen LogP contribution in [0.3, 0.4) is 0 Å². The fraction of sp³-hybridized carbons (Fsp3) is 0.227. The van der Waals surface area contributed by atoms with E-state index in [1.54, 1.807) is 17.0 Å². The van der Waals surface area contributed by atoms with Crippen molar-refractivity contribution in [1.29, 1.82) is 0 Å². The van der Waals surface area contributed by atoms with Crippen LogP contribution in [0.25, 0.3) is 0 Å². The predicted octanol–water partition coefficient (Wildman–Crippen LogP) is 3.43. The monoisotopic (exact) mass is 453 g/mol. The minimum atomic E-state index is -0.570. The number of carbonyl (C=O) groups is 1. The number of ether oxygens (including phenoxy) is 2. The maximum absolute atomic E-state index is 13.2. The van der Waals surface area contributed by atoms with E-state index in [1.807, 2.05) is 0 Å². The van der Waals surface area contributed by atoms with Crippen LogP contribution in [0.4, 0.5) is 21.6 Å². The van der Waals surface area contributed by atoms with Gasteiger partial charge in [-0.15, -0.1) is 0 Å². The van der Waals surface area contributed by atoms with Gasteiger partial charge in [-0.1, -0.05) is 0 Å². The van der Waals surface area contributed by atoms with Crippen LogP contribution in [0.2, 0.25) is 0 Å². The summed E-state index contributed by atoms with van der Waals surface area (Å²) in [4.78, 5) is 34.9. The summed E-state index contributed by atoms with van der Waals surface area (Å²) in [6.07, 6.45) is 1.22. The summed E-state index contributed by atoms with van der Waals surface area (Å²) in [7, 11) is 1.28. The summed E-state index contributed by atoms with van der Waals surface area (Å²) in [5, 5.41) is 11.9. The van der Waals surface area contributed by atoms with Gasteiger partial charge in [0.05, 0.1) is 17.6 Å². The van der Waals surface area contributed by atoms with Crippen LogP contribution in [-0.4, -0.2) is 54.1 Å². The molecule has 170 valence electrons. The molecule has 10 nitrogen and oxygen atoms in total. The number of nitro groups is 1. The lowest BCUT2D eigenvalue weighted by molar-refractivity contribution is -0.385. The zero-order valence-electron chi connectivity index (χ0n) is 17.7. The van der Waals surface area contributed by atoms with Crippen LogP contribution in [0.1, 0.15) is 10.4 Å². The summed E-state index contributed by atoms with van der Waals surface area (Å²) in [5.74, 6) is -0.568. The number of aromatic nitrogens is 2. The largest absolute Gasteiger partial charge is 0.465 e. The molecule has 4 rings (SSSR count). The van der Waals surface area contributed by atoms with E-state index in [9.17, 15) is 19.3 Å². The van der Waals surface area contributed by atoms with Crippen LogP contribution in [-0.2, 0) is 4.74 Å². The standard InChI is InChI=1S/C22H20FN5O5/c1-32-22(29)15-2-8-18(9-3-15)33-21-19(28(30)31)20(24-14-25-21)27-12-10-26(11-13-27)17-6-4-16(23)5-7-17/h2-9,14H,10-13H2,1H3. The molecule has 1 saturated heterocycles. The highest BCUT2D eigenvalue weighted by Gasteiger charge is 2.30. The number of rotatable bonds is 6. The Morgan fingerprint density at radius 2 is 1.64 bits per heavy atom. The number of methoxy groups -OCH3 is 1. The van der Waals surface area contributed by atoms with E-state index in [4.69, 9.17) is 4.74 Å². The number of carbonyl (C=O) groups excluding carboxylic acids is 1. The molecule has 2 heterocycles. The first-order chi connectivity index (χ1) is 16.0. The number of anilines is 2. The Labute approximate surface area is 188 Å². The van der Waals surface area contributed by atoms with Crippen molar-refractivity contribution in [2.24, 2.45) is 0 Å². The summed E-state index contributed by atoms with van der Waals surface area (Å²) >= 11 is 0. The lowest BCUT2D eigenvalue weighted by Gasteiger charge is -2.36. The molecule has 33 heavy (non-hydrogen) atoms. The molecule has 1 aromatic heterocycles. The number of benzene rings is 2. The van der Waals surface area contributed by atoms with Crippen LogP contribution in [0.15, 0.2) is 54.9 Å². The average Bonchev–Trinajstić information content (AvgIpc) is 2.84. The summed E-state index contributed by atoms with van der Waals surface area (Å²) < 4.78 is 23.5. The van der Waals surface area contributed by atoms with E-state index in [2.05, 4.69) is 19.6 Å². The van der Waals surface area contributed by atoms with E-state index in [0.29, 0.717) is 31.7 Å². The highest BCUT2D eigenvalue weighted by Crippen LogP contribution is 2.36. The van der Waals surface area contributed by atoms with Gasteiger partial charge >= 0.3 is 17.5 Å². The van der Waals surface area contributed by atoms with Crippen LogP contribution >= 0.6 is 0 Å². The van der Waals surface area contributed by atoms with Gasteiger partial charge in [0.15, 0.2) is 0 Å². The second kappa shape index (κ2) is 9.47. The van der Waals surface area contributed by atoms with Gasteiger partial charge in [-0.2, -0.15) is 4.98 Å². The van der Waals surface area contributed by atoms with E-state index >= 15 is 0 Å². The molecule has 0 radical (unpaired) electrons. The average molecular weight is 453 g/mol. The van der Waals surface area contributed by atoms with Crippen molar-refractivity contribution in [1.82, 2.24) is 9.97 Å². The Hall–Kier alpha value is -4.28. The Balaban J connectivity index is 1.53. The number of esters is 1. The molecule has 0 spiro atoms. The van der Waals surface area contributed by atoms with Crippen LogP contribution < -0.4 is 14.5 Å². The second-order valence-electron chi connectivity index (χ2n) is 7.18. The van der Waals surface area contributed by atoms with Gasteiger partial charge in [0.1, 0.15) is 17.9 Å². The van der Waals surface area contributed by atoms with Crippen molar-refractivity contribution in [3.05, 3.63) is 76.4 Å². The van der Waals surface area contributed by atoms with Gasteiger partial charge in [-0.05, 0) is 48.5 Å². The molecule has 0 atom stereocenters. The number of halogens is 1. The highest BCUT2D eigenvalue weighted by atomic mass is 19.1. The predicted molar refractivity (Wildman–Crippen MR) is 117 cm³/mol. The van der Waals surface area contributed by atoms with E-state index < -0.39 is 10.9 Å². The van der Waals surface area contributed by atoms with Gasteiger partial charge in [0.2, 0.25) is 5.82 Å². The minimum absolute atomic E-state index is 0.162. The van der Waals surface area contributed by atoms with Crippen molar-refractivity contribution in [3.8, 4) is 11.6 Å². The number of nitrogens with zero attached hydrogens (tertiary/aromatic N) is 5.